The molecule has 0 saturated heterocycles. The predicted molar refractivity (Wildman–Crippen MR) is 121 cm³/mol. The highest BCUT2D eigenvalue weighted by atomic mass is 127. The van der Waals surface area contributed by atoms with Crippen LogP contribution in [0.15, 0.2) is 29.3 Å². The van der Waals surface area contributed by atoms with Crippen molar-refractivity contribution in [1.29, 1.82) is 0 Å². The van der Waals surface area contributed by atoms with Gasteiger partial charge in [-0.2, -0.15) is 0 Å². The summed E-state index contributed by atoms with van der Waals surface area (Å²) in [5.74, 6) is 2.26. The molecule has 27 heavy (non-hydrogen) atoms. The number of nitrogens with one attached hydrogen (secondary N) is 2. The molecule has 0 aliphatic heterocycles. The average molecular weight is 488 g/mol. The van der Waals surface area contributed by atoms with Crippen LogP contribution in [0.1, 0.15) is 37.7 Å². The fourth-order valence-electron chi connectivity index (χ4n) is 3.03. The number of guanidine groups is 1. The van der Waals surface area contributed by atoms with Gasteiger partial charge in [-0.1, -0.05) is 31.4 Å². The first-order valence-electron chi connectivity index (χ1n) is 9.43. The second-order valence-electron chi connectivity index (χ2n) is 7.04. The Labute approximate surface area is 180 Å². The number of aliphatic imine (C=N–C) groups is 1. The average Bonchev–Trinajstić information content (AvgIpc) is 2.68. The van der Waals surface area contributed by atoms with E-state index in [1.165, 1.54) is 32.1 Å². The normalized spacial score (nSPS) is 14.9. The number of hydrogen-bond acceptors (Lipinski definition) is 3. The first-order chi connectivity index (χ1) is 12.6. The largest absolute Gasteiger partial charge is 0.497 e. The van der Waals surface area contributed by atoms with E-state index in [9.17, 15) is 4.79 Å². The molecule has 1 saturated carbocycles. The van der Waals surface area contributed by atoms with Gasteiger partial charge in [-0.25, -0.2) is 4.99 Å². The van der Waals surface area contributed by atoms with E-state index in [0.29, 0.717) is 18.4 Å². The van der Waals surface area contributed by atoms with E-state index in [-0.39, 0.29) is 36.4 Å². The molecule has 2 rings (SSSR count). The smallest absolute Gasteiger partial charge is 0.241 e. The maximum absolute atomic E-state index is 11.9. The molecule has 7 heteroatoms. The van der Waals surface area contributed by atoms with Gasteiger partial charge in [-0.05, 0) is 36.5 Å². The molecule has 6 nitrogen and oxygen atoms in total. The molecule has 1 aliphatic carbocycles. The Morgan fingerprint density at radius 2 is 1.81 bits per heavy atom. The van der Waals surface area contributed by atoms with Crippen LogP contribution >= 0.6 is 24.0 Å². The molecule has 2 N–H and O–H groups in total. The minimum atomic E-state index is 0. The number of hydrogen-bond donors (Lipinski definition) is 2. The maximum atomic E-state index is 11.9. The van der Waals surface area contributed by atoms with Gasteiger partial charge < -0.3 is 20.3 Å². The molecule has 0 heterocycles. The molecule has 0 unspecified atom stereocenters. The zero-order chi connectivity index (χ0) is 18.8. The van der Waals surface area contributed by atoms with E-state index in [4.69, 9.17) is 4.74 Å². The Balaban J connectivity index is 0.00000364. The molecular weight excluding hydrogens is 455 g/mol. The SMILES string of the molecule is COc1ccc(CN=C(NCC(=O)N(C)C)NCC2CCCCC2)cc1.I. The van der Waals surface area contributed by atoms with Crippen LogP contribution in [0.3, 0.4) is 0 Å². The summed E-state index contributed by atoms with van der Waals surface area (Å²) < 4.78 is 5.19. The summed E-state index contributed by atoms with van der Waals surface area (Å²) in [5.41, 5.74) is 1.10. The molecule has 1 amide bonds. The Hall–Kier alpha value is -1.51. The molecule has 0 aromatic heterocycles. The standard InChI is InChI=1S/C20H32N4O2.HI/c1-24(2)19(25)15-23-20(21-13-16-7-5-4-6-8-16)22-14-17-9-11-18(26-3)12-10-17;/h9-12,16H,4-8,13-15H2,1-3H3,(H2,21,22,23);1H. The second kappa shape index (κ2) is 12.8. The third kappa shape index (κ3) is 8.81. The number of methoxy groups -OCH3 is 1. The minimum Gasteiger partial charge on any atom is -0.497 e. The van der Waals surface area contributed by atoms with Gasteiger partial charge in [0.2, 0.25) is 5.91 Å². The van der Waals surface area contributed by atoms with Crippen molar-refractivity contribution in [3.05, 3.63) is 29.8 Å². The molecule has 0 atom stereocenters. The van der Waals surface area contributed by atoms with Crippen molar-refractivity contribution >= 4 is 35.8 Å². The summed E-state index contributed by atoms with van der Waals surface area (Å²) in [6.07, 6.45) is 6.53. The number of ether oxygens (including phenoxy) is 1. The van der Waals surface area contributed by atoms with Crippen molar-refractivity contribution in [3.8, 4) is 5.75 Å². The first kappa shape index (κ1) is 23.5. The number of rotatable bonds is 7. The number of carbonyl (C=O) groups is 1. The van der Waals surface area contributed by atoms with Crippen LogP contribution in [-0.2, 0) is 11.3 Å². The molecular formula is C20H33IN4O2. The van der Waals surface area contributed by atoms with Gasteiger partial charge >= 0.3 is 0 Å². The van der Waals surface area contributed by atoms with Gasteiger partial charge in [0, 0.05) is 20.6 Å². The fourth-order valence-corrected chi connectivity index (χ4v) is 3.03. The van der Waals surface area contributed by atoms with E-state index in [2.05, 4.69) is 15.6 Å². The predicted octanol–water partition coefficient (Wildman–Crippen LogP) is 3.02. The van der Waals surface area contributed by atoms with Crippen molar-refractivity contribution in [1.82, 2.24) is 15.5 Å². The number of halogens is 1. The summed E-state index contributed by atoms with van der Waals surface area (Å²) in [6.45, 7) is 1.71. The lowest BCUT2D eigenvalue weighted by molar-refractivity contribution is -0.127. The number of benzene rings is 1. The molecule has 1 aliphatic rings. The molecule has 0 spiro atoms. The Morgan fingerprint density at radius 1 is 1.15 bits per heavy atom. The minimum absolute atomic E-state index is 0. The van der Waals surface area contributed by atoms with Crippen molar-refractivity contribution in [3.63, 3.8) is 0 Å². The zero-order valence-electron chi connectivity index (χ0n) is 16.7. The van der Waals surface area contributed by atoms with E-state index in [0.717, 1.165) is 17.9 Å². The van der Waals surface area contributed by atoms with Crippen LogP contribution in [0.2, 0.25) is 0 Å². The quantitative estimate of drug-likeness (QED) is 0.352. The van der Waals surface area contributed by atoms with Crippen LogP contribution < -0.4 is 15.4 Å². The van der Waals surface area contributed by atoms with Crippen LogP contribution in [0.5, 0.6) is 5.75 Å². The highest BCUT2D eigenvalue weighted by Crippen LogP contribution is 2.22. The van der Waals surface area contributed by atoms with Gasteiger partial charge in [0.1, 0.15) is 5.75 Å². The molecule has 1 aromatic carbocycles. The van der Waals surface area contributed by atoms with Crippen LogP contribution in [-0.4, -0.2) is 51.1 Å². The fraction of sp³-hybridized carbons (Fsp3) is 0.600. The van der Waals surface area contributed by atoms with Gasteiger partial charge in [0.05, 0.1) is 20.2 Å². The van der Waals surface area contributed by atoms with Crippen molar-refractivity contribution in [2.24, 2.45) is 10.9 Å². The van der Waals surface area contributed by atoms with E-state index in [1.54, 1.807) is 26.1 Å². The summed E-state index contributed by atoms with van der Waals surface area (Å²) in [7, 11) is 5.17. The second-order valence-corrected chi connectivity index (χ2v) is 7.04. The monoisotopic (exact) mass is 488 g/mol. The van der Waals surface area contributed by atoms with E-state index >= 15 is 0 Å². The Kier molecular flexibility index (Phi) is 11.2. The highest BCUT2D eigenvalue weighted by molar-refractivity contribution is 14.0. The lowest BCUT2D eigenvalue weighted by Gasteiger charge is -2.23. The van der Waals surface area contributed by atoms with Crippen molar-refractivity contribution in [2.45, 2.75) is 38.6 Å². The van der Waals surface area contributed by atoms with Gasteiger partial charge in [0.15, 0.2) is 5.96 Å². The van der Waals surface area contributed by atoms with E-state index in [1.807, 2.05) is 24.3 Å². The van der Waals surface area contributed by atoms with Crippen molar-refractivity contribution < 1.29 is 9.53 Å². The van der Waals surface area contributed by atoms with Gasteiger partial charge in [0.25, 0.3) is 0 Å². The number of nitrogens with zero attached hydrogens (tertiary/aromatic N) is 2. The number of carbonyl (C=O) groups excluding carboxylic acids is 1. The summed E-state index contributed by atoms with van der Waals surface area (Å²) in [5, 5.41) is 6.58. The molecule has 152 valence electrons. The zero-order valence-corrected chi connectivity index (χ0v) is 19.0. The molecule has 0 radical (unpaired) electrons. The van der Waals surface area contributed by atoms with Crippen molar-refractivity contribution in [2.75, 3.05) is 34.3 Å². The van der Waals surface area contributed by atoms with Gasteiger partial charge in [-0.15, -0.1) is 24.0 Å². The lowest BCUT2D eigenvalue weighted by Crippen LogP contribution is -2.44. The van der Waals surface area contributed by atoms with Crippen LogP contribution in [0, 0.1) is 5.92 Å². The highest BCUT2D eigenvalue weighted by Gasteiger charge is 2.14. The number of likely N-dealkylation sites (N-methyl/N-ethyl adjacent to an activating group) is 1. The van der Waals surface area contributed by atoms with Crippen LogP contribution in [0.4, 0.5) is 0 Å². The summed E-state index contributed by atoms with van der Waals surface area (Å²) in [6, 6.07) is 7.88. The Morgan fingerprint density at radius 3 is 2.41 bits per heavy atom. The van der Waals surface area contributed by atoms with Crippen LogP contribution in [0.25, 0.3) is 0 Å². The molecule has 1 aromatic rings. The molecule has 0 bridgehead atoms. The third-order valence-corrected chi connectivity index (χ3v) is 4.77. The first-order valence-corrected chi connectivity index (χ1v) is 9.43. The van der Waals surface area contributed by atoms with E-state index < -0.39 is 0 Å². The molecule has 1 fully saturated rings. The Bertz CT molecular complexity index is 584. The van der Waals surface area contributed by atoms with Gasteiger partial charge in [-0.3, -0.25) is 4.79 Å². The maximum Gasteiger partial charge on any atom is 0.241 e. The summed E-state index contributed by atoms with van der Waals surface area (Å²) in [4.78, 5) is 18.1. The number of amides is 1. The lowest BCUT2D eigenvalue weighted by atomic mass is 9.89. The third-order valence-electron chi connectivity index (χ3n) is 4.77. The summed E-state index contributed by atoms with van der Waals surface area (Å²) >= 11 is 0. The topological polar surface area (TPSA) is 66.0 Å².